The Kier molecular flexibility index (Phi) is 5.98. The molecule has 1 saturated heterocycles. The monoisotopic (exact) mass is 465 g/mol. The summed E-state index contributed by atoms with van der Waals surface area (Å²) in [6, 6.07) is 16.9. The van der Waals surface area contributed by atoms with Gasteiger partial charge in [0.05, 0.1) is 30.9 Å². The summed E-state index contributed by atoms with van der Waals surface area (Å²) in [5, 5.41) is 21.3. The van der Waals surface area contributed by atoms with Crippen LogP contribution in [-0.2, 0) is 9.59 Å². The lowest BCUT2D eigenvalue weighted by molar-refractivity contribution is -0.132. The Morgan fingerprint density at radius 2 is 1.58 bits per heavy atom. The fourth-order valence-corrected chi connectivity index (χ4v) is 4.10. The molecule has 1 heterocycles. The fourth-order valence-electron chi connectivity index (χ4n) is 3.92. The van der Waals surface area contributed by atoms with E-state index in [1.54, 1.807) is 54.6 Å². The number of carbonyl (C=O) groups is 2. The van der Waals surface area contributed by atoms with Crippen molar-refractivity contribution >= 4 is 34.7 Å². The lowest BCUT2D eigenvalue weighted by Crippen LogP contribution is -2.29. The van der Waals surface area contributed by atoms with Crippen LogP contribution in [0.15, 0.2) is 72.3 Å². The van der Waals surface area contributed by atoms with E-state index < -0.39 is 23.5 Å². The lowest BCUT2D eigenvalue weighted by atomic mass is 9.94. The van der Waals surface area contributed by atoms with Gasteiger partial charge in [-0.25, -0.2) is 0 Å². The minimum atomic E-state index is -1.01. The zero-order valence-electron chi connectivity index (χ0n) is 17.8. The SMILES string of the molecule is COc1cccc(OC)c1/C(O)=C1\C(=O)C(=O)N(c2ccccc2)C1c1ccc(O)c(Cl)c1. The normalized spacial score (nSPS) is 17.3. The Bertz CT molecular complexity index is 1250. The van der Waals surface area contributed by atoms with Gasteiger partial charge < -0.3 is 19.7 Å². The number of methoxy groups -OCH3 is 2. The molecule has 3 aromatic carbocycles. The first kappa shape index (κ1) is 22.2. The van der Waals surface area contributed by atoms with E-state index in [1.165, 1.54) is 31.3 Å². The molecule has 3 aromatic rings. The summed E-state index contributed by atoms with van der Waals surface area (Å²) in [5.41, 5.74) is 0.868. The summed E-state index contributed by atoms with van der Waals surface area (Å²) < 4.78 is 10.8. The second-order valence-electron chi connectivity index (χ2n) is 7.25. The number of aliphatic hydroxyl groups is 1. The van der Waals surface area contributed by atoms with Crippen LogP contribution < -0.4 is 14.4 Å². The number of phenolic OH excluding ortho intramolecular Hbond substituents is 1. The maximum absolute atomic E-state index is 13.3. The average Bonchev–Trinajstić information content (AvgIpc) is 3.10. The van der Waals surface area contributed by atoms with Gasteiger partial charge in [-0.1, -0.05) is 41.9 Å². The zero-order chi connectivity index (χ0) is 23.7. The maximum Gasteiger partial charge on any atom is 0.300 e. The van der Waals surface area contributed by atoms with E-state index in [-0.39, 0.29) is 33.4 Å². The van der Waals surface area contributed by atoms with Crippen molar-refractivity contribution in [1.82, 2.24) is 0 Å². The third-order valence-corrected chi connectivity index (χ3v) is 5.73. The van der Waals surface area contributed by atoms with Crippen molar-refractivity contribution in [1.29, 1.82) is 0 Å². The van der Waals surface area contributed by atoms with Crippen molar-refractivity contribution in [2.75, 3.05) is 19.1 Å². The van der Waals surface area contributed by atoms with E-state index in [0.717, 1.165) is 0 Å². The number of nitrogens with zero attached hydrogens (tertiary/aromatic N) is 1. The molecule has 8 heteroatoms. The van der Waals surface area contributed by atoms with E-state index in [0.29, 0.717) is 11.3 Å². The van der Waals surface area contributed by atoms with Gasteiger partial charge in [0.2, 0.25) is 0 Å². The number of anilines is 1. The zero-order valence-corrected chi connectivity index (χ0v) is 18.5. The Labute approximate surface area is 195 Å². The number of benzene rings is 3. The van der Waals surface area contributed by atoms with Crippen molar-refractivity contribution in [3.63, 3.8) is 0 Å². The molecule has 0 radical (unpaired) electrons. The van der Waals surface area contributed by atoms with Gasteiger partial charge in [-0.15, -0.1) is 0 Å². The van der Waals surface area contributed by atoms with Crippen LogP contribution in [0.1, 0.15) is 17.2 Å². The highest BCUT2D eigenvalue weighted by Gasteiger charge is 2.47. The lowest BCUT2D eigenvalue weighted by Gasteiger charge is -2.26. The van der Waals surface area contributed by atoms with Gasteiger partial charge in [-0.3, -0.25) is 14.5 Å². The molecule has 0 aromatic heterocycles. The second kappa shape index (κ2) is 8.88. The van der Waals surface area contributed by atoms with Gasteiger partial charge in [0.15, 0.2) is 0 Å². The number of phenols is 1. The number of hydrogen-bond acceptors (Lipinski definition) is 6. The maximum atomic E-state index is 13.3. The summed E-state index contributed by atoms with van der Waals surface area (Å²) in [6.07, 6.45) is 0. The number of aromatic hydroxyl groups is 1. The van der Waals surface area contributed by atoms with Crippen LogP contribution in [0.4, 0.5) is 5.69 Å². The minimum Gasteiger partial charge on any atom is -0.506 e. The van der Waals surface area contributed by atoms with E-state index in [2.05, 4.69) is 0 Å². The number of amides is 1. The molecule has 1 fully saturated rings. The third-order valence-electron chi connectivity index (χ3n) is 5.43. The molecule has 1 amide bonds. The molecule has 4 rings (SSSR count). The molecule has 0 saturated carbocycles. The highest BCUT2D eigenvalue weighted by atomic mass is 35.5. The van der Waals surface area contributed by atoms with E-state index >= 15 is 0 Å². The Morgan fingerprint density at radius 3 is 2.15 bits per heavy atom. The predicted octanol–water partition coefficient (Wildman–Crippen LogP) is 4.69. The molecule has 1 aliphatic heterocycles. The first-order valence-corrected chi connectivity index (χ1v) is 10.3. The van der Waals surface area contributed by atoms with E-state index in [1.807, 2.05) is 0 Å². The first-order valence-electron chi connectivity index (χ1n) is 9.94. The molecule has 7 nitrogen and oxygen atoms in total. The molecular formula is C25H20ClNO6. The van der Waals surface area contributed by atoms with Crippen molar-refractivity contribution in [3.8, 4) is 17.2 Å². The number of hydrogen-bond donors (Lipinski definition) is 2. The molecule has 1 aliphatic rings. The molecule has 2 N–H and O–H groups in total. The van der Waals surface area contributed by atoms with Gasteiger partial charge in [0.25, 0.3) is 11.7 Å². The summed E-state index contributed by atoms with van der Waals surface area (Å²) in [5.74, 6) is -1.76. The van der Waals surface area contributed by atoms with Gasteiger partial charge in [0.1, 0.15) is 28.6 Å². The molecule has 0 aliphatic carbocycles. The van der Waals surface area contributed by atoms with Gasteiger partial charge >= 0.3 is 0 Å². The van der Waals surface area contributed by atoms with Crippen molar-refractivity contribution < 1.29 is 29.3 Å². The number of carbonyl (C=O) groups excluding carboxylic acids is 2. The van der Waals surface area contributed by atoms with Crippen LogP contribution >= 0.6 is 11.6 Å². The van der Waals surface area contributed by atoms with Crippen molar-refractivity contribution in [2.24, 2.45) is 0 Å². The molecule has 1 atom stereocenters. The van der Waals surface area contributed by atoms with Crippen molar-refractivity contribution in [2.45, 2.75) is 6.04 Å². The number of ether oxygens (including phenoxy) is 2. The number of para-hydroxylation sites is 1. The van der Waals surface area contributed by atoms with Crippen molar-refractivity contribution in [3.05, 3.63) is 88.5 Å². The van der Waals surface area contributed by atoms with Crippen LogP contribution in [-0.4, -0.2) is 36.1 Å². The Hall–Kier alpha value is -3.97. The number of aliphatic hydroxyl groups excluding tert-OH is 1. The quantitative estimate of drug-likeness (QED) is 0.322. The largest absolute Gasteiger partial charge is 0.506 e. The average molecular weight is 466 g/mol. The summed E-state index contributed by atoms with van der Waals surface area (Å²) in [4.78, 5) is 27.7. The highest BCUT2D eigenvalue weighted by molar-refractivity contribution is 6.51. The Morgan fingerprint density at radius 1 is 0.939 bits per heavy atom. The minimum absolute atomic E-state index is 0.0426. The molecule has 33 heavy (non-hydrogen) atoms. The van der Waals surface area contributed by atoms with Gasteiger partial charge in [0, 0.05) is 5.69 Å². The summed E-state index contributed by atoms with van der Waals surface area (Å²) in [6.45, 7) is 0. The molecule has 0 spiro atoms. The van der Waals surface area contributed by atoms with E-state index in [9.17, 15) is 19.8 Å². The number of halogens is 1. The topological polar surface area (TPSA) is 96.3 Å². The first-order chi connectivity index (χ1) is 15.9. The van der Waals surface area contributed by atoms with Gasteiger partial charge in [-0.2, -0.15) is 0 Å². The van der Waals surface area contributed by atoms with Crippen LogP contribution in [0.25, 0.3) is 5.76 Å². The van der Waals surface area contributed by atoms with Crippen LogP contribution in [0.3, 0.4) is 0 Å². The standard InChI is InChI=1S/C25H20ClNO6/c1-32-18-9-6-10-19(33-2)20(18)23(29)21-22(14-11-12-17(28)16(26)13-14)27(25(31)24(21)30)15-7-4-3-5-8-15/h3-13,22,28-29H,1-2H3/b23-21+. The van der Waals surface area contributed by atoms with Crippen LogP contribution in [0.2, 0.25) is 5.02 Å². The summed E-state index contributed by atoms with van der Waals surface area (Å²) >= 11 is 6.14. The molecule has 1 unspecified atom stereocenters. The van der Waals surface area contributed by atoms with Crippen LogP contribution in [0.5, 0.6) is 17.2 Å². The smallest absolute Gasteiger partial charge is 0.300 e. The molecule has 168 valence electrons. The summed E-state index contributed by atoms with van der Waals surface area (Å²) in [7, 11) is 2.84. The highest BCUT2D eigenvalue weighted by Crippen LogP contribution is 2.45. The fraction of sp³-hybridized carbons (Fsp3) is 0.120. The van der Waals surface area contributed by atoms with Crippen LogP contribution in [0, 0.1) is 0 Å². The predicted molar refractivity (Wildman–Crippen MR) is 124 cm³/mol. The second-order valence-corrected chi connectivity index (χ2v) is 7.66. The van der Waals surface area contributed by atoms with Gasteiger partial charge in [-0.05, 0) is 42.0 Å². The number of Topliss-reactive ketones (excluding diaryl/α,β-unsaturated/α-hetero) is 1. The number of rotatable bonds is 5. The number of ketones is 1. The Balaban J connectivity index is 2.03. The van der Waals surface area contributed by atoms with E-state index in [4.69, 9.17) is 21.1 Å². The third kappa shape index (κ3) is 3.76. The molecule has 0 bridgehead atoms. The molecular weight excluding hydrogens is 446 g/mol.